The Kier molecular flexibility index (Phi) is 3.57. The maximum Gasteiger partial charge on any atom is 0.352 e. The maximum atomic E-state index is 13.4. The van der Waals surface area contributed by atoms with Gasteiger partial charge in [-0.05, 0) is 19.4 Å². The standard InChI is InChI=1S/C14H13F2NO3/c1-3-7(2)17-11-5-10(16)9(15)4-8(11)13(18)6-12(17)14(19)20/h4-7H,3H2,1-2H3,(H,19,20). The van der Waals surface area contributed by atoms with Crippen LogP contribution >= 0.6 is 0 Å². The number of rotatable bonds is 3. The zero-order valence-electron chi connectivity index (χ0n) is 11.0. The van der Waals surface area contributed by atoms with Gasteiger partial charge >= 0.3 is 5.97 Å². The van der Waals surface area contributed by atoms with Gasteiger partial charge in [0.15, 0.2) is 17.1 Å². The van der Waals surface area contributed by atoms with E-state index in [9.17, 15) is 23.5 Å². The van der Waals surface area contributed by atoms with Crippen LogP contribution in [0.25, 0.3) is 10.9 Å². The van der Waals surface area contributed by atoms with Crippen LogP contribution in [0.2, 0.25) is 0 Å². The summed E-state index contributed by atoms with van der Waals surface area (Å²) in [5.41, 5.74) is -0.790. The van der Waals surface area contributed by atoms with Crippen LogP contribution in [0.4, 0.5) is 8.78 Å². The average Bonchev–Trinajstić information content (AvgIpc) is 2.40. The maximum absolute atomic E-state index is 13.4. The van der Waals surface area contributed by atoms with Crippen molar-refractivity contribution < 1.29 is 18.7 Å². The summed E-state index contributed by atoms with van der Waals surface area (Å²) in [6.45, 7) is 3.58. The first kappa shape index (κ1) is 14.2. The lowest BCUT2D eigenvalue weighted by Crippen LogP contribution is -2.20. The van der Waals surface area contributed by atoms with Crippen molar-refractivity contribution in [1.29, 1.82) is 0 Å². The molecule has 0 fully saturated rings. The Bertz CT molecular complexity index is 752. The quantitative estimate of drug-likeness (QED) is 0.941. The van der Waals surface area contributed by atoms with E-state index in [2.05, 4.69) is 0 Å². The zero-order chi connectivity index (χ0) is 15.0. The number of hydrogen-bond acceptors (Lipinski definition) is 2. The van der Waals surface area contributed by atoms with Gasteiger partial charge < -0.3 is 9.67 Å². The first-order chi connectivity index (χ1) is 9.36. The minimum absolute atomic E-state index is 0.0331. The summed E-state index contributed by atoms with van der Waals surface area (Å²) in [6, 6.07) is 2.34. The third-order valence-corrected chi connectivity index (χ3v) is 3.34. The van der Waals surface area contributed by atoms with E-state index in [1.807, 2.05) is 6.92 Å². The first-order valence-corrected chi connectivity index (χ1v) is 6.14. The number of pyridine rings is 1. The zero-order valence-corrected chi connectivity index (χ0v) is 11.0. The van der Waals surface area contributed by atoms with Gasteiger partial charge in [-0.1, -0.05) is 6.92 Å². The van der Waals surface area contributed by atoms with Crippen LogP contribution in [0.3, 0.4) is 0 Å². The van der Waals surface area contributed by atoms with E-state index in [1.54, 1.807) is 6.92 Å². The summed E-state index contributed by atoms with van der Waals surface area (Å²) < 4.78 is 28.0. The molecule has 0 bridgehead atoms. The Morgan fingerprint density at radius 2 is 1.90 bits per heavy atom. The Balaban J connectivity index is 3.00. The molecule has 1 atom stereocenters. The Hall–Kier alpha value is -2.24. The highest BCUT2D eigenvalue weighted by molar-refractivity contribution is 5.90. The van der Waals surface area contributed by atoms with Crippen LogP contribution in [-0.4, -0.2) is 15.6 Å². The molecule has 1 aromatic carbocycles. The Labute approximate surface area is 113 Å². The molecule has 0 radical (unpaired) electrons. The Morgan fingerprint density at radius 3 is 2.45 bits per heavy atom. The summed E-state index contributed by atoms with van der Waals surface area (Å²) in [5, 5.41) is 9.16. The van der Waals surface area contributed by atoms with Crippen molar-refractivity contribution >= 4 is 16.9 Å². The van der Waals surface area contributed by atoms with Gasteiger partial charge in [-0.3, -0.25) is 4.79 Å². The molecule has 2 aromatic rings. The molecule has 1 aromatic heterocycles. The number of nitrogens with zero attached hydrogens (tertiary/aromatic N) is 1. The molecule has 2 rings (SSSR count). The molecule has 0 aliphatic rings. The van der Waals surface area contributed by atoms with Gasteiger partial charge in [0, 0.05) is 23.6 Å². The van der Waals surface area contributed by atoms with E-state index in [0.717, 1.165) is 18.2 Å². The second kappa shape index (κ2) is 5.03. The molecular weight excluding hydrogens is 268 g/mol. The minimum atomic E-state index is -1.28. The summed E-state index contributed by atoms with van der Waals surface area (Å²) in [7, 11) is 0. The van der Waals surface area contributed by atoms with Gasteiger partial charge in [0.1, 0.15) is 5.69 Å². The number of halogens is 2. The third kappa shape index (κ3) is 2.17. The van der Waals surface area contributed by atoms with Gasteiger partial charge in [0.05, 0.1) is 5.52 Å². The van der Waals surface area contributed by atoms with E-state index in [4.69, 9.17) is 0 Å². The lowest BCUT2D eigenvalue weighted by atomic mass is 10.1. The van der Waals surface area contributed by atoms with Crippen LogP contribution in [0, 0.1) is 11.6 Å². The molecule has 0 amide bonds. The highest BCUT2D eigenvalue weighted by atomic mass is 19.2. The molecule has 1 unspecified atom stereocenters. The second-order valence-corrected chi connectivity index (χ2v) is 4.61. The van der Waals surface area contributed by atoms with Gasteiger partial charge in [-0.25, -0.2) is 13.6 Å². The third-order valence-electron chi connectivity index (χ3n) is 3.34. The van der Waals surface area contributed by atoms with Crippen LogP contribution in [0.15, 0.2) is 23.0 Å². The van der Waals surface area contributed by atoms with E-state index in [0.29, 0.717) is 6.42 Å². The number of carboxylic acid groups (broad SMARTS) is 1. The van der Waals surface area contributed by atoms with Crippen molar-refractivity contribution in [3.05, 3.63) is 45.8 Å². The van der Waals surface area contributed by atoms with Crippen molar-refractivity contribution in [2.75, 3.05) is 0 Å². The molecule has 20 heavy (non-hydrogen) atoms. The van der Waals surface area contributed by atoms with Crippen molar-refractivity contribution in [3.8, 4) is 0 Å². The lowest BCUT2D eigenvalue weighted by Gasteiger charge is -2.20. The number of aromatic carboxylic acids is 1. The predicted molar refractivity (Wildman–Crippen MR) is 70.1 cm³/mol. The molecule has 0 aliphatic heterocycles. The minimum Gasteiger partial charge on any atom is -0.477 e. The van der Waals surface area contributed by atoms with Crippen LogP contribution < -0.4 is 5.43 Å². The number of carboxylic acids is 1. The molecule has 1 heterocycles. The molecular formula is C14H13F2NO3. The molecule has 1 N–H and O–H groups in total. The molecule has 0 aliphatic carbocycles. The fourth-order valence-corrected chi connectivity index (χ4v) is 2.16. The largest absolute Gasteiger partial charge is 0.477 e. The summed E-state index contributed by atoms with van der Waals surface area (Å²) in [4.78, 5) is 23.1. The fraction of sp³-hybridized carbons (Fsp3) is 0.286. The average molecular weight is 281 g/mol. The van der Waals surface area contributed by atoms with Crippen molar-refractivity contribution in [2.24, 2.45) is 0 Å². The van der Waals surface area contributed by atoms with E-state index in [-0.39, 0.29) is 22.6 Å². The molecule has 4 nitrogen and oxygen atoms in total. The normalized spacial score (nSPS) is 12.6. The molecule has 0 saturated carbocycles. The number of hydrogen-bond donors (Lipinski definition) is 1. The number of fused-ring (bicyclic) bond motifs is 1. The summed E-state index contributed by atoms with van der Waals surface area (Å²) >= 11 is 0. The lowest BCUT2D eigenvalue weighted by molar-refractivity contribution is 0.0682. The summed E-state index contributed by atoms with van der Waals surface area (Å²) in [6.07, 6.45) is 0.581. The molecule has 6 heteroatoms. The Morgan fingerprint density at radius 1 is 1.30 bits per heavy atom. The molecule has 106 valence electrons. The van der Waals surface area contributed by atoms with Crippen molar-refractivity contribution in [3.63, 3.8) is 0 Å². The van der Waals surface area contributed by atoms with Gasteiger partial charge in [0.2, 0.25) is 0 Å². The van der Waals surface area contributed by atoms with E-state index < -0.39 is 23.0 Å². The highest BCUT2D eigenvalue weighted by Crippen LogP contribution is 2.23. The molecule has 0 spiro atoms. The highest BCUT2D eigenvalue weighted by Gasteiger charge is 2.19. The smallest absolute Gasteiger partial charge is 0.352 e. The predicted octanol–water partition coefficient (Wildman–Crippen LogP) is 2.95. The van der Waals surface area contributed by atoms with E-state index in [1.165, 1.54) is 4.57 Å². The topological polar surface area (TPSA) is 59.3 Å². The molecule has 0 saturated heterocycles. The van der Waals surface area contributed by atoms with Crippen LogP contribution in [0.5, 0.6) is 0 Å². The summed E-state index contributed by atoms with van der Waals surface area (Å²) in [5.74, 6) is -3.53. The van der Waals surface area contributed by atoms with Gasteiger partial charge in [-0.2, -0.15) is 0 Å². The number of carbonyl (C=O) groups is 1. The first-order valence-electron chi connectivity index (χ1n) is 6.14. The SMILES string of the molecule is CCC(C)n1c(C(=O)O)cc(=O)c2cc(F)c(F)cc21. The van der Waals surface area contributed by atoms with Crippen molar-refractivity contribution in [2.45, 2.75) is 26.3 Å². The van der Waals surface area contributed by atoms with Crippen LogP contribution in [0.1, 0.15) is 36.8 Å². The number of benzene rings is 1. The number of aromatic nitrogens is 1. The van der Waals surface area contributed by atoms with Crippen LogP contribution in [-0.2, 0) is 0 Å². The monoisotopic (exact) mass is 281 g/mol. The second-order valence-electron chi connectivity index (χ2n) is 4.61. The van der Waals surface area contributed by atoms with Crippen molar-refractivity contribution in [1.82, 2.24) is 4.57 Å². The fourth-order valence-electron chi connectivity index (χ4n) is 2.16. The van der Waals surface area contributed by atoms with Gasteiger partial charge in [-0.15, -0.1) is 0 Å². The van der Waals surface area contributed by atoms with Gasteiger partial charge in [0.25, 0.3) is 0 Å². The van der Waals surface area contributed by atoms with E-state index >= 15 is 0 Å².